The molecule has 0 saturated carbocycles. The zero-order valence-electron chi connectivity index (χ0n) is 16.9. The Morgan fingerprint density at radius 1 is 1.13 bits per heavy atom. The molecule has 1 heterocycles. The van der Waals surface area contributed by atoms with E-state index in [1.807, 2.05) is 24.3 Å². The van der Waals surface area contributed by atoms with E-state index < -0.39 is 0 Å². The number of anilines is 1. The summed E-state index contributed by atoms with van der Waals surface area (Å²) in [5, 5.41) is 12.8. The van der Waals surface area contributed by atoms with E-state index in [1.54, 1.807) is 34.9 Å². The summed E-state index contributed by atoms with van der Waals surface area (Å²) < 4.78 is 1.69. The Kier molecular flexibility index (Phi) is 7.63. The summed E-state index contributed by atoms with van der Waals surface area (Å²) in [5.41, 5.74) is 1.74. The van der Waals surface area contributed by atoms with Gasteiger partial charge in [0.2, 0.25) is 5.91 Å². The van der Waals surface area contributed by atoms with Crippen LogP contribution in [0.3, 0.4) is 0 Å². The molecule has 0 bridgehead atoms. The van der Waals surface area contributed by atoms with Crippen molar-refractivity contribution in [3.63, 3.8) is 0 Å². The maximum absolute atomic E-state index is 13.0. The molecule has 3 aromatic rings. The fraction of sp³-hybridized carbons (Fsp3) is 0.304. The molecule has 0 radical (unpaired) electrons. The van der Waals surface area contributed by atoms with Crippen molar-refractivity contribution in [2.24, 2.45) is 0 Å². The number of carbonyl (C=O) groups is 1. The highest BCUT2D eigenvalue weighted by molar-refractivity contribution is 7.99. The number of carbonyl (C=O) groups excluding carboxylic acids is 1. The minimum absolute atomic E-state index is 0.0629. The number of rotatable bonds is 9. The first-order valence-corrected chi connectivity index (χ1v) is 11.0. The second-order valence-electron chi connectivity index (χ2n) is 6.95. The van der Waals surface area contributed by atoms with Gasteiger partial charge in [0.1, 0.15) is 0 Å². The van der Waals surface area contributed by atoms with Gasteiger partial charge in [0, 0.05) is 12.2 Å². The molecule has 3 rings (SSSR count). The molecule has 1 amide bonds. The monoisotopic (exact) mass is 420 g/mol. The number of unbranched alkanes of at least 4 members (excludes halogenated alkanes) is 3. The molecule has 2 aromatic carbocycles. The molecule has 0 fully saturated rings. The van der Waals surface area contributed by atoms with Crippen LogP contribution >= 0.6 is 11.8 Å². The number of fused-ring (bicyclic) bond motifs is 1. The van der Waals surface area contributed by atoms with Crippen LogP contribution in [-0.2, 0) is 11.3 Å². The zero-order valence-corrected chi connectivity index (χ0v) is 17.7. The Bertz CT molecular complexity index is 1120. The molecule has 30 heavy (non-hydrogen) atoms. The van der Waals surface area contributed by atoms with Crippen molar-refractivity contribution in [3.8, 4) is 6.07 Å². The third-order valence-electron chi connectivity index (χ3n) is 4.69. The van der Waals surface area contributed by atoms with Crippen LogP contribution < -0.4 is 10.9 Å². The SMILES string of the molecule is CCCCCCn1c(SCC(=O)Nc2ccc(C#N)cc2)nc2ccccc2c1=O. The predicted octanol–water partition coefficient (Wildman–Crippen LogP) is 4.58. The number of hydrogen-bond acceptors (Lipinski definition) is 5. The summed E-state index contributed by atoms with van der Waals surface area (Å²) in [5.74, 6) is -0.0515. The van der Waals surface area contributed by atoms with Crippen LogP contribution in [0.15, 0.2) is 58.5 Å². The minimum Gasteiger partial charge on any atom is -0.325 e. The van der Waals surface area contributed by atoms with E-state index in [1.165, 1.54) is 11.8 Å². The van der Waals surface area contributed by atoms with Gasteiger partial charge in [-0.05, 0) is 42.8 Å². The molecule has 0 unspecified atom stereocenters. The molecule has 0 saturated heterocycles. The highest BCUT2D eigenvalue weighted by Crippen LogP contribution is 2.19. The average molecular weight is 421 g/mol. The van der Waals surface area contributed by atoms with Gasteiger partial charge in [-0.25, -0.2) is 4.98 Å². The normalized spacial score (nSPS) is 10.7. The molecule has 0 atom stereocenters. The van der Waals surface area contributed by atoms with Crippen LogP contribution in [0.1, 0.15) is 38.2 Å². The molecular weight excluding hydrogens is 396 g/mol. The van der Waals surface area contributed by atoms with E-state index >= 15 is 0 Å². The predicted molar refractivity (Wildman–Crippen MR) is 121 cm³/mol. The maximum Gasteiger partial charge on any atom is 0.262 e. The lowest BCUT2D eigenvalue weighted by atomic mass is 10.2. The van der Waals surface area contributed by atoms with E-state index in [0.717, 1.165) is 25.7 Å². The Balaban J connectivity index is 1.75. The number of aromatic nitrogens is 2. The number of thioether (sulfide) groups is 1. The number of nitrogens with zero attached hydrogens (tertiary/aromatic N) is 3. The Morgan fingerprint density at radius 3 is 2.63 bits per heavy atom. The Labute approximate surface area is 179 Å². The fourth-order valence-corrected chi connectivity index (χ4v) is 3.93. The van der Waals surface area contributed by atoms with Crippen molar-refractivity contribution in [3.05, 3.63) is 64.4 Å². The van der Waals surface area contributed by atoms with E-state index in [4.69, 9.17) is 5.26 Å². The van der Waals surface area contributed by atoms with Gasteiger partial charge in [-0.2, -0.15) is 5.26 Å². The van der Waals surface area contributed by atoms with Crippen molar-refractivity contribution < 1.29 is 4.79 Å². The largest absolute Gasteiger partial charge is 0.325 e. The van der Waals surface area contributed by atoms with E-state index in [2.05, 4.69) is 17.2 Å². The van der Waals surface area contributed by atoms with E-state index in [0.29, 0.717) is 33.9 Å². The van der Waals surface area contributed by atoms with Gasteiger partial charge in [0.15, 0.2) is 5.16 Å². The first kappa shape index (κ1) is 21.6. The number of amides is 1. The Morgan fingerprint density at radius 2 is 1.90 bits per heavy atom. The molecule has 0 aliphatic heterocycles. The lowest BCUT2D eigenvalue weighted by molar-refractivity contribution is -0.113. The lowest BCUT2D eigenvalue weighted by Crippen LogP contribution is -2.24. The number of para-hydroxylation sites is 1. The quantitative estimate of drug-likeness (QED) is 0.311. The van der Waals surface area contributed by atoms with Gasteiger partial charge in [0.25, 0.3) is 5.56 Å². The highest BCUT2D eigenvalue weighted by Gasteiger charge is 2.13. The van der Waals surface area contributed by atoms with E-state index in [-0.39, 0.29) is 17.2 Å². The Hall–Kier alpha value is -3.11. The van der Waals surface area contributed by atoms with Crippen molar-refractivity contribution >= 4 is 34.3 Å². The summed E-state index contributed by atoms with van der Waals surface area (Å²) in [4.78, 5) is 30.0. The van der Waals surface area contributed by atoms with Crippen molar-refractivity contribution in [2.45, 2.75) is 44.3 Å². The second-order valence-corrected chi connectivity index (χ2v) is 7.90. The van der Waals surface area contributed by atoms with Crippen molar-refractivity contribution in [2.75, 3.05) is 11.1 Å². The third-order valence-corrected chi connectivity index (χ3v) is 5.67. The topological polar surface area (TPSA) is 87.8 Å². The number of benzene rings is 2. The summed E-state index contributed by atoms with van der Waals surface area (Å²) in [6, 6.07) is 16.0. The first-order chi connectivity index (χ1) is 14.6. The van der Waals surface area contributed by atoms with Gasteiger partial charge in [-0.1, -0.05) is 50.1 Å². The van der Waals surface area contributed by atoms with Gasteiger partial charge in [-0.3, -0.25) is 14.2 Å². The van der Waals surface area contributed by atoms with Crippen LogP contribution in [0.2, 0.25) is 0 Å². The van der Waals surface area contributed by atoms with E-state index in [9.17, 15) is 9.59 Å². The highest BCUT2D eigenvalue weighted by atomic mass is 32.2. The molecule has 0 aliphatic rings. The van der Waals surface area contributed by atoms with Crippen LogP contribution in [-0.4, -0.2) is 21.2 Å². The lowest BCUT2D eigenvalue weighted by Gasteiger charge is -2.13. The van der Waals surface area contributed by atoms with Crippen LogP contribution in [0.25, 0.3) is 10.9 Å². The molecule has 1 N–H and O–H groups in total. The van der Waals surface area contributed by atoms with Gasteiger partial charge >= 0.3 is 0 Å². The molecule has 7 heteroatoms. The molecule has 1 aromatic heterocycles. The fourth-order valence-electron chi connectivity index (χ4n) is 3.11. The summed E-state index contributed by atoms with van der Waals surface area (Å²) >= 11 is 1.26. The summed E-state index contributed by atoms with van der Waals surface area (Å²) in [6.07, 6.45) is 4.21. The van der Waals surface area contributed by atoms with Crippen molar-refractivity contribution in [1.82, 2.24) is 9.55 Å². The molecule has 154 valence electrons. The smallest absolute Gasteiger partial charge is 0.262 e. The number of hydrogen-bond donors (Lipinski definition) is 1. The third kappa shape index (κ3) is 5.49. The zero-order chi connectivity index (χ0) is 21.3. The summed E-state index contributed by atoms with van der Waals surface area (Å²) in [7, 11) is 0. The van der Waals surface area contributed by atoms with Crippen molar-refractivity contribution in [1.29, 1.82) is 5.26 Å². The van der Waals surface area contributed by atoms with Gasteiger partial charge < -0.3 is 5.32 Å². The molecule has 0 aliphatic carbocycles. The van der Waals surface area contributed by atoms with Crippen LogP contribution in [0, 0.1) is 11.3 Å². The molecular formula is C23H24N4O2S. The average Bonchev–Trinajstić information content (AvgIpc) is 2.77. The summed E-state index contributed by atoms with van der Waals surface area (Å²) in [6.45, 7) is 2.74. The number of nitriles is 1. The molecule has 6 nitrogen and oxygen atoms in total. The number of nitrogens with one attached hydrogen (secondary N) is 1. The van der Waals surface area contributed by atoms with Gasteiger partial charge in [0.05, 0.1) is 28.3 Å². The standard InChI is InChI=1S/C23H24N4O2S/c1-2-3-4-7-14-27-22(29)19-8-5-6-9-20(19)26-23(27)30-16-21(28)25-18-12-10-17(15-24)11-13-18/h5-6,8-13H,2-4,7,14,16H2,1H3,(H,25,28). The minimum atomic E-state index is -0.190. The van der Waals surface area contributed by atoms with Crippen LogP contribution in [0.4, 0.5) is 5.69 Å². The second kappa shape index (κ2) is 10.6. The first-order valence-electron chi connectivity index (χ1n) is 10.0. The maximum atomic E-state index is 13.0. The van der Waals surface area contributed by atoms with Crippen LogP contribution in [0.5, 0.6) is 0 Å². The molecule has 0 spiro atoms. The van der Waals surface area contributed by atoms with Gasteiger partial charge in [-0.15, -0.1) is 0 Å².